The molecule has 0 saturated heterocycles. The van der Waals surface area contributed by atoms with E-state index in [-0.39, 0.29) is 23.7 Å². The molecular weight excluding hydrogens is 571 g/mol. The zero-order valence-electron chi connectivity index (χ0n) is 24.3. The van der Waals surface area contributed by atoms with Crippen molar-refractivity contribution in [2.24, 2.45) is 0 Å². The summed E-state index contributed by atoms with van der Waals surface area (Å²) in [5, 5.41) is 18.4. The molecule has 4 aromatic rings. The molecule has 0 radical (unpaired) electrons. The van der Waals surface area contributed by atoms with Crippen LogP contribution in [0.1, 0.15) is 31.9 Å². The standard InChI is InChI=1S/C32H29FN4O7/c1-32(2,3)43-31(41)34-22-11-9-21(10-12-22)29-36-28(37-44-29)24-15-7-20(17-25(24)33)18-26(30(39)40)35-27(38)16-8-19-5-13-23(42-4)14-6-19/h5-7,9-15,17,26H,18H2,1-4H3,(H,34,41)(H,35,38)(H,39,40). The second-order valence-corrected chi connectivity index (χ2v) is 10.5. The number of hydrogen-bond acceptors (Lipinski definition) is 8. The SMILES string of the molecule is COc1ccc(C#CC(=O)NC(Cc2ccc(-c3noc(-c4ccc(NC(=O)OC(C)(C)C)cc4)n3)c(F)c2)C(=O)O)cc1. The van der Waals surface area contributed by atoms with E-state index < -0.39 is 35.4 Å². The molecule has 1 unspecified atom stereocenters. The molecular formula is C32H29FN4O7. The number of rotatable bonds is 8. The van der Waals surface area contributed by atoms with Gasteiger partial charge in [0.1, 0.15) is 23.2 Å². The van der Waals surface area contributed by atoms with Crippen molar-refractivity contribution in [3.8, 4) is 40.4 Å². The van der Waals surface area contributed by atoms with Gasteiger partial charge < -0.3 is 24.4 Å². The highest BCUT2D eigenvalue weighted by Gasteiger charge is 2.22. The molecule has 12 heteroatoms. The Bertz CT molecular complexity index is 1720. The number of halogens is 1. The van der Waals surface area contributed by atoms with Crippen LogP contribution in [0.4, 0.5) is 14.9 Å². The zero-order chi connectivity index (χ0) is 31.9. The third-order valence-electron chi connectivity index (χ3n) is 5.93. The summed E-state index contributed by atoms with van der Waals surface area (Å²) >= 11 is 0. The summed E-state index contributed by atoms with van der Waals surface area (Å²) in [6.45, 7) is 5.28. The number of amides is 2. The van der Waals surface area contributed by atoms with Crippen LogP contribution in [0.5, 0.6) is 5.75 Å². The molecule has 3 N–H and O–H groups in total. The van der Waals surface area contributed by atoms with Gasteiger partial charge in [0.2, 0.25) is 5.82 Å². The number of benzene rings is 3. The predicted octanol–water partition coefficient (Wildman–Crippen LogP) is 5.06. The summed E-state index contributed by atoms with van der Waals surface area (Å²) in [5.41, 5.74) is 1.28. The average Bonchev–Trinajstić information content (AvgIpc) is 3.45. The quantitative estimate of drug-likeness (QED) is 0.236. The summed E-state index contributed by atoms with van der Waals surface area (Å²) in [6, 6.07) is 15.9. The molecule has 1 aromatic heterocycles. The summed E-state index contributed by atoms with van der Waals surface area (Å²) < 4.78 is 30.7. The Labute approximate surface area is 252 Å². The van der Waals surface area contributed by atoms with Gasteiger partial charge in [-0.15, -0.1) is 0 Å². The van der Waals surface area contributed by atoms with Gasteiger partial charge in [-0.3, -0.25) is 10.1 Å². The molecule has 0 saturated carbocycles. The third kappa shape index (κ3) is 8.65. The lowest BCUT2D eigenvalue weighted by Gasteiger charge is -2.19. The van der Waals surface area contributed by atoms with Gasteiger partial charge in [0.15, 0.2) is 0 Å². The Morgan fingerprint density at radius 1 is 1.05 bits per heavy atom. The van der Waals surface area contributed by atoms with Crippen molar-refractivity contribution >= 4 is 23.7 Å². The Balaban J connectivity index is 1.40. The molecule has 2 amide bonds. The van der Waals surface area contributed by atoms with E-state index in [1.54, 1.807) is 69.3 Å². The van der Waals surface area contributed by atoms with Crippen molar-refractivity contribution < 1.29 is 37.9 Å². The number of carboxylic acids is 1. The lowest BCUT2D eigenvalue weighted by Crippen LogP contribution is -2.41. The maximum Gasteiger partial charge on any atom is 0.412 e. The van der Waals surface area contributed by atoms with Crippen LogP contribution in [0.2, 0.25) is 0 Å². The molecule has 0 aliphatic carbocycles. The minimum Gasteiger partial charge on any atom is -0.497 e. The van der Waals surface area contributed by atoms with Gasteiger partial charge >= 0.3 is 12.1 Å². The molecule has 0 aliphatic heterocycles. The van der Waals surface area contributed by atoms with E-state index in [9.17, 15) is 19.5 Å². The van der Waals surface area contributed by atoms with Crippen LogP contribution in [-0.4, -0.2) is 52.0 Å². The lowest BCUT2D eigenvalue weighted by molar-refractivity contribution is -0.141. The predicted molar refractivity (Wildman–Crippen MR) is 158 cm³/mol. The van der Waals surface area contributed by atoms with E-state index in [4.69, 9.17) is 14.0 Å². The van der Waals surface area contributed by atoms with Gasteiger partial charge in [-0.25, -0.2) is 14.0 Å². The maximum atomic E-state index is 15.1. The van der Waals surface area contributed by atoms with Crippen LogP contribution in [0.15, 0.2) is 71.3 Å². The van der Waals surface area contributed by atoms with Gasteiger partial charge in [0.05, 0.1) is 12.7 Å². The van der Waals surface area contributed by atoms with E-state index in [2.05, 4.69) is 32.6 Å². The van der Waals surface area contributed by atoms with Crippen LogP contribution >= 0.6 is 0 Å². The average molecular weight is 601 g/mol. The minimum atomic E-state index is -1.34. The molecule has 1 atom stereocenters. The first-order chi connectivity index (χ1) is 20.9. The normalized spacial score (nSPS) is 11.5. The van der Waals surface area contributed by atoms with Crippen LogP contribution in [0, 0.1) is 17.7 Å². The van der Waals surface area contributed by atoms with E-state index in [1.807, 2.05) is 0 Å². The van der Waals surface area contributed by atoms with Gasteiger partial charge in [0, 0.05) is 29.2 Å². The molecule has 1 heterocycles. The molecule has 3 aromatic carbocycles. The van der Waals surface area contributed by atoms with Crippen LogP contribution in [0.3, 0.4) is 0 Å². The van der Waals surface area contributed by atoms with E-state index in [0.29, 0.717) is 28.1 Å². The third-order valence-corrected chi connectivity index (χ3v) is 5.93. The number of carbonyl (C=O) groups is 3. The molecule has 0 fully saturated rings. The van der Waals surface area contributed by atoms with Crippen molar-refractivity contribution in [2.45, 2.75) is 38.8 Å². The second-order valence-electron chi connectivity index (χ2n) is 10.5. The van der Waals surface area contributed by atoms with Crippen LogP contribution in [0.25, 0.3) is 22.8 Å². The number of ether oxygens (including phenoxy) is 2. The fraction of sp³-hybridized carbons (Fsp3) is 0.219. The van der Waals surface area contributed by atoms with Crippen molar-refractivity contribution in [1.82, 2.24) is 15.5 Å². The summed E-state index contributed by atoms with van der Waals surface area (Å²) in [5.74, 6) is 2.94. The number of carboxylic acid groups (broad SMARTS) is 1. The Kier molecular flexibility index (Phi) is 9.60. The van der Waals surface area contributed by atoms with Crippen molar-refractivity contribution in [3.63, 3.8) is 0 Å². The minimum absolute atomic E-state index is 0.0168. The first kappa shape index (κ1) is 31.2. The van der Waals surface area contributed by atoms with Gasteiger partial charge in [-0.2, -0.15) is 4.98 Å². The summed E-state index contributed by atoms with van der Waals surface area (Å²) in [6.07, 6.45) is -0.788. The van der Waals surface area contributed by atoms with E-state index >= 15 is 4.39 Å². The molecule has 0 aliphatic rings. The fourth-order valence-electron chi connectivity index (χ4n) is 3.87. The summed E-state index contributed by atoms with van der Waals surface area (Å²) in [7, 11) is 1.53. The number of hydrogen-bond donors (Lipinski definition) is 3. The Hall–Kier alpha value is -5.70. The summed E-state index contributed by atoms with van der Waals surface area (Å²) in [4.78, 5) is 40.3. The molecule has 0 spiro atoms. The lowest BCUT2D eigenvalue weighted by atomic mass is 10.0. The number of anilines is 1. The number of aromatic nitrogens is 2. The molecule has 11 nitrogen and oxygen atoms in total. The first-order valence-corrected chi connectivity index (χ1v) is 13.3. The fourth-order valence-corrected chi connectivity index (χ4v) is 3.87. The highest BCUT2D eigenvalue weighted by molar-refractivity contribution is 5.96. The van der Waals surface area contributed by atoms with Crippen molar-refractivity contribution in [2.75, 3.05) is 12.4 Å². The van der Waals surface area contributed by atoms with Crippen molar-refractivity contribution in [3.05, 3.63) is 83.7 Å². The Morgan fingerprint density at radius 2 is 1.75 bits per heavy atom. The number of carbonyl (C=O) groups excluding carboxylic acids is 2. The van der Waals surface area contributed by atoms with Crippen molar-refractivity contribution in [1.29, 1.82) is 0 Å². The largest absolute Gasteiger partial charge is 0.497 e. The number of nitrogens with one attached hydrogen (secondary N) is 2. The van der Waals surface area contributed by atoms with E-state index in [0.717, 1.165) is 6.07 Å². The number of methoxy groups -OCH3 is 1. The van der Waals surface area contributed by atoms with Crippen LogP contribution < -0.4 is 15.4 Å². The highest BCUT2D eigenvalue weighted by atomic mass is 19.1. The number of aliphatic carboxylic acids is 1. The molecule has 4 rings (SSSR count). The molecule has 226 valence electrons. The maximum absolute atomic E-state index is 15.1. The monoisotopic (exact) mass is 600 g/mol. The Morgan fingerprint density at radius 3 is 2.36 bits per heavy atom. The highest BCUT2D eigenvalue weighted by Crippen LogP contribution is 2.26. The smallest absolute Gasteiger partial charge is 0.412 e. The van der Waals surface area contributed by atoms with E-state index in [1.165, 1.54) is 19.2 Å². The molecule has 0 bridgehead atoms. The zero-order valence-corrected chi connectivity index (χ0v) is 24.3. The van der Waals surface area contributed by atoms with Gasteiger partial charge in [-0.1, -0.05) is 17.1 Å². The van der Waals surface area contributed by atoms with Crippen LogP contribution in [-0.2, 0) is 20.7 Å². The van der Waals surface area contributed by atoms with Gasteiger partial charge in [0.25, 0.3) is 11.8 Å². The van der Waals surface area contributed by atoms with Gasteiger partial charge in [-0.05, 0) is 87.0 Å². The first-order valence-electron chi connectivity index (χ1n) is 13.3. The molecule has 44 heavy (non-hydrogen) atoms. The topological polar surface area (TPSA) is 153 Å². The number of nitrogens with zero attached hydrogens (tertiary/aromatic N) is 2. The second kappa shape index (κ2) is 13.5.